The molecule has 1 unspecified atom stereocenters. The molecule has 22 heavy (non-hydrogen) atoms. The number of benzene rings is 1. The van der Waals surface area contributed by atoms with E-state index in [0.717, 1.165) is 0 Å². The number of carboxylic acid groups (broad SMARTS) is 1. The van der Waals surface area contributed by atoms with E-state index in [2.05, 4.69) is 4.72 Å². The minimum absolute atomic E-state index is 0.102. The van der Waals surface area contributed by atoms with Crippen LogP contribution in [0.2, 0.25) is 0 Å². The van der Waals surface area contributed by atoms with Gasteiger partial charge in [0, 0.05) is 0 Å². The van der Waals surface area contributed by atoms with Crippen LogP contribution in [0.5, 0.6) is 0 Å². The molecule has 0 fully saturated rings. The van der Waals surface area contributed by atoms with Gasteiger partial charge in [-0.1, -0.05) is 26.0 Å². The van der Waals surface area contributed by atoms with E-state index in [1.807, 2.05) is 0 Å². The van der Waals surface area contributed by atoms with Crippen LogP contribution in [0.1, 0.15) is 31.1 Å². The minimum atomic E-state index is -4.18. The lowest BCUT2D eigenvalue weighted by molar-refractivity contribution is -0.140. The van der Waals surface area contributed by atoms with Crippen molar-refractivity contribution in [1.29, 1.82) is 0 Å². The Morgan fingerprint density at radius 1 is 1.27 bits per heavy atom. The second-order valence-corrected chi connectivity index (χ2v) is 6.58. The van der Waals surface area contributed by atoms with Gasteiger partial charge in [-0.2, -0.15) is 4.72 Å². The number of ether oxygens (including phenoxy) is 1. The third-order valence-electron chi connectivity index (χ3n) is 2.89. The van der Waals surface area contributed by atoms with Crippen molar-refractivity contribution >= 4 is 22.0 Å². The molecule has 0 aromatic heterocycles. The fraction of sp³-hybridized carbons (Fsp3) is 0.429. The van der Waals surface area contributed by atoms with Crippen molar-refractivity contribution in [2.75, 3.05) is 6.61 Å². The molecule has 1 rings (SSSR count). The fourth-order valence-corrected chi connectivity index (χ4v) is 3.31. The Labute approximate surface area is 129 Å². The predicted octanol–water partition coefficient (Wildman–Crippen LogP) is 1.25. The van der Waals surface area contributed by atoms with Gasteiger partial charge in [-0.3, -0.25) is 4.79 Å². The van der Waals surface area contributed by atoms with Crippen molar-refractivity contribution in [3.8, 4) is 0 Å². The Morgan fingerprint density at radius 2 is 1.86 bits per heavy atom. The molecule has 0 spiro atoms. The van der Waals surface area contributed by atoms with E-state index in [-0.39, 0.29) is 17.1 Å². The molecule has 1 aromatic carbocycles. The molecule has 0 radical (unpaired) electrons. The second kappa shape index (κ2) is 7.37. The first-order chi connectivity index (χ1) is 10.2. The lowest BCUT2D eigenvalue weighted by atomic mass is 10.1. The number of nitrogens with one attached hydrogen (secondary N) is 1. The van der Waals surface area contributed by atoms with Gasteiger partial charge >= 0.3 is 11.9 Å². The number of aliphatic carboxylic acids is 1. The number of carbonyl (C=O) groups excluding carboxylic acids is 1. The number of rotatable bonds is 7. The summed E-state index contributed by atoms with van der Waals surface area (Å²) in [7, 11) is -4.18. The molecule has 122 valence electrons. The lowest BCUT2D eigenvalue weighted by Gasteiger charge is -2.19. The maximum absolute atomic E-state index is 12.4. The van der Waals surface area contributed by atoms with Crippen LogP contribution in [-0.2, 0) is 19.6 Å². The summed E-state index contributed by atoms with van der Waals surface area (Å²) in [6.45, 7) is 4.87. The quantitative estimate of drug-likeness (QED) is 0.729. The average Bonchev–Trinajstić information content (AvgIpc) is 2.44. The zero-order chi connectivity index (χ0) is 16.9. The van der Waals surface area contributed by atoms with Gasteiger partial charge in [-0.15, -0.1) is 0 Å². The highest BCUT2D eigenvalue weighted by molar-refractivity contribution is 7.89. The van der Waals surface area contributed by atoms with Gasteiger partial charge < -0.3 is 9.84 Å². The monoisotopic (exact) mass is 329 g/mol. The van der Waals surface area contributed by atoms with E-state index in [1.54, 1.807) is 20.8 Å². The Morgan fingerprint density at radius 3 is 2.36 bits per heavy atom. The van der Waals surface area contributed by atoms with Crippen LogP contribution in [-0.4, -0.2) is 38.1 Å². The Balaban J connectivity index is 3.23. The molecule has 2 N–H and O–H groups in total. The molecule has 0 saturated heterocycles. The lowest BCUT2D eigenvalue weighted by Crippen LogP contribution is -2.44. The standard InChI is InChI=1S/C14H19NO6S/c1-4-21-14(18)10-7-5-6-8-11(10)22(19,20)15-12(9(2)3)13(16)17/h5-9,12,15H,4H2,1-3H3,(H,16,17). The van der Waals surface area contributed by atoms with Gasteiger partial charge in [0.15, 0.2) is 0 Å². The largest absolute Gasteiger partial charge is 0.480 e. The highest BCUT2D eigenvalue weighted by atomic mass is 32.2. The summed E-state index contributed by atoms with van der Waals surface area (Å²) in [4.78, 5) is 22.7. The van der Waals surface area contributed by atoms with Crippen molar-refractivity contribution in [3.05, 3.63) is 29.8 Å². The highest BCUT2D eigenvalue weighted by Crippen LogP contribution is 2.18. The molecule has 1 aromatic rings. The molecule has 1 atom stereocenters. The number of hydrogen-bond donors (Lipinski definition) is 2. The van der Waals surface area contributed by atoms with Crippen molar-refractivity contribution in [1.82, 2.24) is 4.72 Å². The van der Waals surface area contributed by atoms with E-state index >= 15 is 0 Å². The molecule has 0 aliphatic carbocycles. The number of carboxylic acids is 1. The van der Waals surface area contributed by atoms with Crippen LogP contribution in [0.15, 0.2) is 29.2 Å². The summed E-state index contributed by atoms with van der Waals surface area (Å²) >= 11 is 0. The predicted molar refractivity (Wildman–Crippen MR) is 79.0 cm³/mol. The van der Waals surface area contributed by atoms with E-state index in [9.17, 15) is 18.0 Å². The normalized spacial score (nSPS) is 12.9. The molecule has 0 heterocycles. The summed E-state index contributed by atoms with van der Waals surface area (Å²) in [5.41, 5.74) is -0.134. The van der Waals surface area contributed by atoms with Gasteiger partial charge in [0.05, 0.1) is 17.1 Å². The van der Waals surface area contributed by atoms with Gasteiger partial charge in [0.2, 0.25) is 10.0 Å². The first-order valence-electron chi connectivity index (χ1n) is 6.72. The van der Waals surface area contributed by atoms with Crippen LogP contribution in [0, 0.1) is 5.92 Å². The molecule has 0 saturated carbocycles. The highest BCUT2D eigenvalue weighted by Gasteiger charge is 2.30. The molecule has 7 nitrogen and oxygen atoms in total. The average molecular weight is 329 g/mol. The zero-order valence-electron chi connectivity index (χ0n) is 12.6. The maximum atomic E-state index is 12.4. The zero-order valence-corrected chi connectivity index (χ0v) is 13.4. The van der Waals surface area contributed by atoms with Crippen LogP contribution in [0.25, 0.3) is 0 Å². The van der Waals surface area contributed by atoms with Crippen LogP contribution >= 0.6 is 0 Å². The summed E-state index contributed by atoms with van der Waals surface area (Å²) in [5.74, 6) is -2.52. The Bertz CT molecular complexity index is 653. The second-order valence-electron chi connectivity index (χ2n) is 4.90. The number of hydrogen-bond acceptors (Lipinski definition) is 5. The van der Waals surface area contributed by atoms with E-state index in [1.165, 1.54) is 24.3 Å². The molecule has 0 bridgehead atoms. The van der Waals surface area contributed by atoms with Crippen molar-refractivity contribution in [3.63, 3.8) is 0 Å². The third-order valence-corrected chi connectivity index (χ3v) is 4.39. The van der Waals surface area contributed by atoms with Gasteiger partial charge in [0.25, 0.3) is 0 Å². The molecule has 0 amide bonds. The van der Waals surface area contributed by atoms with Crippen molar-refractivity contribution < 1.29 is 27.9 Å². The Hall–Kier alpha value is -1.93. The van der Waals surface area contributed by atoms with Crippen molar-refractivity contribution in [2.24, 2.45) is 5.92 Å². The topological polar surface area (TPSA) is 110 Å². The molecule has 0 aliphatic heterocycles. The number of esters is 1. The summed E-state index contributed by atoms with van der Waals surface area (Å²) in [6, 6.07) is 4.20. The minimum Gasteiger partial charge on any atom is -0.480 e. The summed E-state index contributed by atoms with van der Waals surface area (Å²) in [6.07, 6.45) is 0. The molecule has 0 aliphatic rings. The number of sulfonamides is 1. The SMILES string of the molecule is CCOC(=O)c1ccccc1S(=O)(=O)NC(C(=O)O)C(C)C. The van der Waals surface area contributed by atoms with Gasteiger partial charge in [-0.25, -0.2) is 13.2 Å². The maximum Gasteiger partial charge on any atom is 0.339 e. The summed E-state index contributed by atoms with van der Waals surface area (Å²) < 4.78 is 31.7. The molecule has 8 heteroatoms. The van der Waals surface area contributed by atoms with E-state index in [4.69, 9.17) is 9.84 Å². The first kappa shape index (κ1) is 18.1. The third kappa shape index (κ3) is 4.28. The van der Waals surface area contributed by atoms with Crippen molar-refractivity contribution in [2.45, 2.75) is 31.7 Å². The summed E-state index contributed by atoms with van der Waals surface area (Å²) in [5, 5.41) is 9.10. The van der Waals surface area contributed by atoms with Crippen LogP contribution in [0.3, 0.4) is 0 Å². The van der Waals surface area contributed by atoms with E-state index in [0.29, 0.717) is 0 Å². The van der Waals surface area contributed by atoms with Gasteiger partial charge in [0.1, 0.15) is 6.04 Å². The van der Waals surface area contributed by atoms with Gasteiger partial charge in [-0.05, 0) is 25.0 Å². The fourth-order valence-electron chi connectivity index (χ4n) is 1.78. The Kier molecular flexibility index (Phi) is 6.07. The molecular weight excluding hydrogens is 310 g/mol. The van der Waals surface area contributed by atoms with E-state index < -0.39 is 33.9 Å². The smallest absolute Gasteiger partial charge is 0.339 e. The number of carbonyl (C=O) groups is 2. The van der Waals surface area contributed by atoms with Crippen LogP contribution < -0.4 is 4.72 Å². The first-order valence-corrected chi connectivity index (χ1v) is 8.20. The van der Waals surface area contributed by atoms with Crippen LogP contribution in [0.4, 0.5) is 0 Å². The molecular formula is C14H19NO6S.